The lowest BCUT2D eigenvalue weighted by Gasteiger charge is -2.23. The van der Waals surface area contributed by atoms with Crippen molar-refractivity contribution in [2.75, 3.05) is 13.1 Å². The number of benzene rings is 1. The Morgan fingerprint density at radius 1 is 1.36 bits per heavy atom. The van der Waals surface area contributed by atoms with Gasteiger partial charge in [0.05, 0.1) is 6.54 Å². The van der Waals surface area contributed by atoms with E-state index >= 15 is 0 Å². The molecule has 0 saturated carbocycles. The van der Waals surface area contributed by atoms with E-state index in [0.29, 0.717) is 13.1 Å². The fourth-order valence-corrected chi connectivity index (χ4v) is 1.67. The molecular formula is C10H10BrNO2. The highest BCUT2D eigenvalue weighted by Gasteiger charge is 2.20. The van der Waals surface area contributed by atoms with E-state index in [1.165, 1.54) is 0 Å². The zero-order valence-electron chi connectivity index (χ0n) is 7.50. The monoisotopic (exact) mass is 255 g/mol. The smallest absolute Gasteiger partial charge is 0.320 e. The molecule has 1 unspecified atom stereocenters. The third-order valence-corrected chi connectivity index (χ3v) is 2.64. The van der Waals surface area contributed by atoms with Gasteiger partial charge in [-0.15, -0.1) is 0 Å². The van der Waals surface area contributed by atoms with E-state index < -0.39 is 0 Å². The summed E-state index contributed by atoms with van der Waals surface area (Å²) in [5.74, 6) is -0.191. The van der Waals surface area contributed by atoms with Gasteiger partial charge >= 0.3 is 5.97 Å². The topological polar surface area (TPSA) is 38.3 Å². The summed E-state index contributed by atoms with van der Waals surface area (Å²) in [5.41, 5.74) is 1.02. The molecule has 1 heterocycles. The Hall–Kier alpha value is -0.870. The van der Waals surface area contributed by atoms with Crippen molar-refractivity contribution in [1.29, 1.82) is 0 Å². The van der Waals surface area contributed by atoms with Gasteiger partial charge in [-0.2, -0.15) is 0 Å². The Morgan fingerprint density at radius 3 is 2.71 bits per heavy atom. The summed E-state index contributed by atoms with van der Waals surface area (Å²) >= 11 is 3.36. The number of esters is 1. The number of carbonyl (C=O) groups excluding carboxylic acids is 1. The van der Waals surface area contributed by atoms with Crippen LogP contribution in [-0.4, -0.2) is 19.1 Å². The SMILES string of the molecule is O=C1CNCC(c2ccc(Br)cc2)O1. The van der Waals surface area contributed by atoms with Crippen molar-refractivity contribution in [3.63, 3.8) is 0 Å². The molecule has 1 aromatic carbocycles. The summed E-state index contributed by atoms with van der Waals surface area (Å²) in [4.78, 5) is 11.0. The van der Waals surface area contributed by atoms with Gasteiger partial charge in [0.25, 0.3) is 0 Å². The van der Waals surface area contributed by atoms with Crippen LogP contribution in [0.5, 0.6) is 0 Å². The summed E-state index contributed by atoms with van der Waals surface area (Å²) in [6.45, 7) is 1.00. The van der Waals surface area contributed by atoms with Crippen molar-refractivity contribution in [2.45, 2.75) is 6.10 Å². The first-order chi connectivity index (χ1) is 6.75. The minimum absolute atomic E-state index is 0.149. The minimum Gasteiger partial charge on any atom is -0.455 e. The second-order valence-electron chi connectivity index (χ2n) is 3.16. The van der Waals surface area contributed by atoms with Crippen LogP contribution in [0.1, 0.15) is 11.7 Å². The molecule has 0 amide bonds. The molecule has 1 aliphatic rings. The van der Waals surface area contributed by atoms with Crippen LogP contribution in [0.25, 0.3) is 0 Å². The molecule has 1 aliphatic heterocycles. The number of halogens is 1. The number of nitrogens with one attached hydrogen (secondary N) is 1. The maximum absolute atomic E-state index is 11.0. The van der Waals surface area contributed by atoms with Gasteiger partial charge in [0.2, 0.25) is 0 Å². The van der Waals surface area contributed by atoms with E-state index in [2.05, 4.69) is 21.2 Å². The molecule has 14 heavy (non-hydrogen) atoms. The van der Waals surface area contributed by atoms with Crippen LogP contribution < -0.4 is 5.32 Å². The molecule has 1 N–H and O–H groups in total. The summed E-state index contributed by atoms with van der Waals surface area (Å²) in [5, 5.41) is 3.01. The van der Waals surface area contributed by atoms with Gasteiger partial charge in [0.1, 0.15) is 6.10 Å². The van der Waals surface area contributed by atoms with Crippen molar-refractivity contribution >= 4 is 21.9 Å². The number of morpholine rings is 1. The summed E-state index contributed by atoms with van der Waals surface area (Å²) in [6, 6.07) is 7.79. The standard InChI is InChI=1S/C10H10BrNO2/c11-8-3-1-7(2-4-8)9-5-12-6-10(13)14-9/h1-4,9,12H,5-6H2. The number of rotatable bonds is 1. The molecule has 0 aliphatic carbocycles. The molecule has 1 fully saturated rings. The molecule has 1 atom stereocenters. The number of hydrogen-bond donors (Lipinski definition) is 1. The Balaban J connectivity index is 2.14. The Labute approximate surface area is 90.6 Å². The number of hydrogen-bond acceptors (Lipinski definition) is 3. The minimum atomic E-state index is -0.191. The zero-order chi connectivity index (χ0) is 9.97. The molecule has 3 nitrogen and oxygen atoms in total. The maximum atomic E-state index is 11.0. The van der Waals surface area contributed by atoms with Crippen LogP contribution >= 0.6 is 15.9 Å². The Morgan fingerprint density at radius 2 is 2.07 bits per heavy atom. The maximum Gasteiger partial charge on any atom is 0.320 e. The summed E-state index contributed by atoms with van der Waals surface area (Å²) < 4.78 is 6.22. The molecule has 4 heteroatoms. The van der Waals surface area contributed by atoms with Gasteiger partial charge < -0.3 is 10.1 Å². The average molecular weight is 256 g/mol. The predicted octanol–water partition coefficient (Wildman–Crippen LogP) is 1.64. The second kappa shape index (κ2) is 4.11. The van der Waals surface area contributed by atoms with Gasteiger partial charge in [-0.3, -0.25) is 4.79 Å². The summed E-state index contributed by atoms with van der Waals surface area (Å²) in [6.07, 6.45) is -0.149. The number of ether oxygens (including phenoxy) is 1. The lowest BCUT2D eigenvalue weighted by molar-refractivity contribution is -0.151. The quantitative estimate of drug-likeness (QED) is 0.776. The van der Waals surface area contributed by atoms with Gasteiger partial charge in [0, 0.05) is 11.0 Å². The molecule has 74 valence electrons. The molecule has 0 bridgehead atoms. The first-order valence-corrected chi connectivity index (χ1v) is 5.20. The van der Waals surface area contributed by atoms with Crippen LogP contribution in [0.4, 0.5) is 0 Å². The molecule has 1 saturated heterocycles. The van der Waals surface area contributed by atoms with Crippen molar-refractivity contribution in [3.8, 4) is 0 Å². The van der Waals surface area contributed by atoms with Gasteiger partial charge in [-0.05, 0) is 17.7 Å². The van der Waals surface area contributed by atoms with E-state index in [1.54, 1.807) is 0 Å². The first-order valence-electron chi connectivity index (χ1n) is 4.41. The fourth-order valence-electron chi connectivity index (χ4n) is 1.41. The number of carbonyl (C=O) groups is 1. The Kier molecular flexibility index (Phi) is 2.84. The highest BCUT2D eigenvalue weighted by molar-refractivity contribution is 9.10. The van der Waals surface area contributed by atoms with Gasteiger partial charge in [-0.25, -0.2) is 0 Å². The van der Waals surface area contributed by atoms with Crippen molar-refractivity contribution in [3.05, 3.63) is 34.3 Å². The third-order valence-electron chi connectivity index (χ3n) is 2.11. The van der Waals surface area contributed by atoms with E-state index in [1.807, 2.05) is 24.3 Å². The molecule has 2 rings (SSSR count). The summed E-state index contributed by atoms with van der Waals surface area (Å²) in [7, 11) is 0. The first kappa shape index (κ1) is 9.68. The van der Waals surface area contributed by atoms with Crippen molar-refractivity contribution < 1.29 is 9.53 Å². The third kappa shape index (κ3) is 2.13. The highest BCUT2D eigenvalue weighted by Crippen LogP contribution is 2.21. The molecule has 0 radical (unpaired) electrons. The zero-order valence-corrected chi connectivity index (χ0v) is 9.08. The van der Waals surface area contributed by atoms with Crippen LogP contribution in [0, 0.1) is 0 Å². The second-order valence-corrected chi connectivity index (χ2v) is 4.08. The molecule has 0 spiro atoms. The lowest BCUT2D eigenvalue weighted by Crippen LogP contribution is -2.37. The largest absolute Gasteiger partial charge is 0.455 e. The van der Waals surface area contributed by atoms with E-state index in [9.17, 15) is 4.79 Å². The van der Waals surface area contributed by atoms with E-state index in [-0.39, 0.29) is 12.1 Å². The molecule has 1 aromatic rings. The van der Waals surface area contributed by atoms with Crippen molar-refractivity contribution in [2.24, 2.45) is 0 Å². The Bertz CT molecular complexity index is 336. The molecule has 0 aromatic heterocycles. The van der Waals surface area contributed by atoms with Crippen LogP contribution in [-0.2, 0) is 9.53 Å². The fraction of sp³-hybridized carbons (Fsp3) is 0.300. The number of cyclic esters (lactones) is 1. The highest BCUT2D eigenvalue weighted by atomic mass is 79.9. The van der Waals surface area contributed by atoms with Crippen LogP contribution in [0.15, 0.2) is 28.7 Å². The van der Waals surface area contributed by atoms with Gasteiger partial charge in [0.15, 0.2) is 0 Å². The van der Waals surface area contributed by atoms with Gasteiger partial charge in [-0.1, -0.05) is 28.1 Å². The molecular weight excluding hydrogens is 246 g/mol. The van der Waals surface area contributed by atoms with Crippen LogP contribution in [0.2, 0.25) is 0 Å². The lowest BCUT2D eigenvalue weighted by atomic mass is 10.1. The van der Waals surface area contributed by atoms with Crippen LogP contribution in [0.3, 0.4) is 0 Å². The average Bonchev–Trinajstić information content (AvgIpc) is 2.19. The van der Waals surface area contributed by atoms with Crippen molar-refractivity contribution in [1.82, 2.24) is 5.32 Å². The van der Waals surface area contributed by atoms with E-state index in [4.69, 9.17) is 4.74 Å². The predicted molar refractivity (Wildman–Crippen MR) is 55.8 cm³/mol. The van der Waals surface area contributed by atoms with E-state index in [0.717, 1.165) is 10.0 Å². The normalized spacial score (nSPS) is 21.8.